The van der Waals surface area contributed by atoms with Gasteiger partial charge in [-0.1, -0.05) is 42.5 Å². The van der Waals surface area contributed by atoms with Crippen LogP contribution >= 0.6 is 0 Å². The molecule has 0 aliphatic carbocycles. The highest BCUT2D eigenvalue weighted by Gasteiger charge is 2.05. The Balaban J connectivity index is 1.73. The molecule has 0 amide bonds. The van der Waals surface area contributed by atoms with Crippen molar-refractivity contribution in [3.8, 4) is 5.75 Å². The number of ether oxygens (including phenoxy) is 1. The minimum Gasteiger partial charge on any atom is -0.497 e. The van der Waals surface area contributed by atoms with Gasteiger partial charge in [-0.25, -0.2) is 0 Å². The van der Waals surface area contributed by atoms with Gasteiger partial charge in [-0.05, 0) is 29.7 Å². The summed E-state index contributed by atoms with van der Waals surface area (Å²) in [6.07, 6.45) is 0.262. The third-order valence-electron chi connectivity index (χ3n) is 3.18. The molecule has 0 spiro atoms. The Morgan fingerprint density at radius 1 is 1.00 bits per heavy atom. The number of nitrogens with one attached hydrogen (secondary N) is 1. The average molecular weight is 271 g/mol. The first-order valence-electron chi connectivity index (χ1n) is 6.83. The van der Waals surface area contributed by atoms with Gasteiger partial charge in [-0.3, -0.25) is 0 Å². The summed E-state index contributed by atoms with van der Waals surface area (Å²) in [5.74, 6) is 0.838. The fourth-order valence-electron chi connectivity index (χ4n) is 2.08. The molecule has 0 bridgehead atoms. The Morgan fingerprint density at radius 3 is 2.35 bits per heavy atom. The molecule has 0 fully saturated rings. The number of aliphatic hydroxyl groups excluding tert-OH is 1. The molecule has 2 aromatic carbocycles. The molecule has 1 unspecified atom stereocenters. The van der Waals surface area contributed by atoms with Crippen molar-refractivity contribution in [2.24, 2.45) is 0 Å². The molecule has 0 saturated heterocycles. The molecule has 0 radical (unpaired) electrons. The predicted molar refractivity (Wildman–Crippen MR) is 80.9 cm³/mol. The molecule has 0 saturated carbocycles. The van der Waals surface area contributed by atoms with E-state index in [9.17, 15) is 5.11 Å². The van der Waals surface area contributed by atoms with E-state index in [4.69, 9.17) is 4.74 Å². The van der Waals surface area contributed by atoms with Gasteiger partial charge in [0.15, 0.2) is 0 Å². The summed E-state index contributed by atoms with van der Waals surface area (Å²) < 4.78 is 5.11. The van der Waals surface area contributed by atoms with Gasteiger partial charge in [0.1, 0.15) is 5.75 Å². The topological polar surface area (TPSA) is 41.5 Å². The Morgan fingerprint density at radius 2 is 1.70 bits per heavy atom. The molecule has 106 valence electrons. The maximum atomic E-state index is 10.0. The van der Waals surface area contributed by atoms with Gasteiger partial charge in [0.25, 0.3) is 0 Å². The van der Waals surface area contributed by atoms with Gasteiger partial charge >= 0.3 is 0 Å². The average Bonchev–Trinajstić information content (AvgIpc) is 2.49. The van der Waals surface area contributed by atoms with Crippen molar-refractivity contribution >= 4 is 0 Å². The number of hydrogen-bond donors (Lipinski definition) is 2. The third kappa shape index (κ3) is 4.68. The lowest BCUT2D eigenvalue weighted by Crippen LogP contribution is -2.28. The second-order valence-corrected chi connectivity index (χ2v) is 4.82. The Hall–Kier alpha value is -1.84. The van der Waals surface area contributed by atoms with E-state index in [0.717, 1.165) is 17.9 Å². The Bertz CT molecular complexity index is 496. The summed E-state index contributed by atoms with van der Waals surface area (Å²) >= 11 is 0. The lowest BCUT2D eigenvalue weighted by atomic mass is 10.1. The number of benzene rings is 2. The monoisotopic (exact) mass is 271 g/mol. The quantitative estimate of drug-likeness (QED) is 0.812. The maximum absolute atomic E-state index is 10.0. The highest BCUT2D eigenvalue weighted by Crippen LogP contribution is 2.12. The summed E-state index contributed by atoms with van der Waals surface area (Å²) in [7, 11) is 1.65. The van der Waals surface area contributed by atoms with Crippen molar-refractivity contribution in [2.75, 3.05) is 13.7 Å². The molecular formula is C17H21NO2. The molecule has 2 aromatic rings. The molecule has 2 N–H and O–H groups in total. The summed E-state index contributed by atoms with van der Waals surface area (Å²) in [6, 6.07) is 18.0. The van der Waals surface area contributed by atoms with E-state index in [-0.39, 0.29) is 6.10 Å². The Labute approximate surface area is 120 Å². The molecule has 2 rings (SSSR count). The van der Waals surface area contributed by atoms with Crippen LogP contribution in [-0.4, -0.2) is 24.9 Å². The standard InChI is InChI=1S/C17H21NO2/c1-20-17-9-7-14(8-10-17)11-16(19)13-18-12-15-5-3-2-4-6-15/h2-10,16,18-19H,11-13H2,1H3. The van der Waals surface area contributed by atoms with Crippen LogP contribution in [0, 0.1) is 0 Å². The van der Waals surface area contributed by atoms with Crippen LogP contribution in [0.25, 0.3) is 0 Å². The second-order valence-electron chi connectivity index (χ2n) is 4.82. The summed E-state index contributed by atoms with van der Waals surface area (Å²) in [4.78, 5) is 0. The number of hydrogen-bond acceptors (Lipinski definition) is 3. The van der Waals surface area contributed by atoms with E-state index in [1.807, 2.05) is 42.5 Å². The van der Waals surface area contributed by atoms with E-state index < -0.39 is 0 Å². The first kappa shape index (κ1) is 14.6. The van der Waals surface area contributed by atoms with Crippen LogP contribution in [0.15, 0.2) is 54.6 Å². The van der Waals surface area contributed by atoms with Crippen molar-refractivity contribution < 1.29 is 9.84 Å². The summed E-state index contributed by atoms with van der Waals surface area (Å²) in [5, 5.41) is 13.3. The fraction of sp³-hybridized carbons (Fsp3) is 0.294. The second kappa shape index (κ2) is 7.68. The van der Waals surface area contributed by atoms with Gasteiger partial charge in [0.05, 0.1) is 13.2 Å². The summed E-state index contributed by atoms with van der Waals surface area (Å²) in [6.45, 7) is 1.36. The molecular weight excluding hydrogens is 250 g/mol. The predicted octanol–water partition coefficient (Wildman–Crippen LogP) is 2.39. The van der Waals surface area contributed by atoms with Crippen molar-refractivity contribution in [3.63, 3.8) is 0 Å². The maximum Gasteiger partial charge on any atom is 0.118 e. The SMILES string of the molecule is COc1ccc(CC(O)CNCc2ccccc2)cc1. The van der Waals surface area contributed by atoms with Crippen LogP contribution in [0.2, 0.25) is 0 Å². The number of methoxy groups -OCH3 is 1. The van der Waals surface area contributed by atoms with Crippen molar-refractivity contribution in [1.82, 2.24) is 5.32 Å². The molecule has 0 heterocycles. The summed E-state index contributed by atoms with van der Waals surface area (Å²) in [5.41, 5.74) is 2.34. The number of aliphatic hydroxyl groups is 1. The largest absolute Gasteiger partial charge is 0.497 e. The highest BCUT2D eigenvalue weighted by atomic mass is 16.5. The normalized spacial score (nSPS) is 12.1. The van der Waals surface area contributed by atoms with Gasteiger partial charge in [-0.2, -0.15) is 0 Å². The smallest absolute Gasteiger partial charge is 0.118 e. The van der Waals surface area contributed by atoms with Crippen molar-refractivity contribution in [1.29, 1.82) is 0 Å². The van der Waals surface area contributed by atoms with E-state index in [1.54, 1.807) is 7.11 Å². The van der Waals surface area contributed by atoms with Gasteiger partial charge in [-0.15, -0.1) is 0 Å². The van der Waals surface area contributed by atoms with Gasteiger partial charge < -0.3 is 15.2 Å². The third-order valence-corrected chi connectivity index (χ3v) is 3.18. The fourth-order valence-corrected chi connectivity index (χ4v) is 2.08. The van der Waals surface area contributed by atoms with Crippen LogP contribution in [0.5, 0.6) is 5.75 Å². The first-order chi connectivity index (χ1) is 9.78. The zero-order valence-corrected chi connectivity index (χ0v) is 11.8. The zero-order chi connectivity index (χ0) is 14.2. The lowest BCUT2D eigenvalue weighted by Gasteiger charge is -2.12. The lowest BCUT2D eigenvalue weighted by molar-refractivity contribution is 0.171. The van der Waals surface area contributed by atoms with Crippen LogP contribution in [0.1, 0.15) is 11.1 Å². The van der Waals surface area contributed by atoms with Crippen LogP contribution in [-0.2, 0) is 13.0 Å². The van der Waals surface area contributed by atoms with Crippen LogP contribution < -0.4 is 10.1 Å². The molecule has 20 heavy (non-hydrogen) atoms. The van der Waals surface area contributed by atoms with Crippen LogP contribution in [0.4, 0.5) is 0 Å². The van der Waals surface area contributed by atoms with E-state index in [0.29, 0.717) is 13.0 Å². The minimum atomic E-state index is -0.382. The zero-order valence-electron chi connectivity index (χ0n) is 11.8. The Kier molecular flexibility index (Phi) is 5.59. The molecule has 0 aliphatic heterocycles. The van der Waals surface area contributed by atoms with E-state index >= 15 is 0 Å². The molecule has 3 heteroatoms. The van der Waals surface area contributed by atoms with E-state index in [1.165, 1.54) is 5.56 Å². The van der Waals surface area contributed by atoms with Crippen LogP contribution in [0.3, 0.4) is 0 Å². The minimum absolute atomic E-state index is 0.382. The molecule has 0 aromatic heterocycles. The highest BCUT2D eigenvalue weighted by molar-refractivity contribution is 5.27. The number of rotatable bonds is 7. The molecule has 0 aliphatic rings. The van der Waals surface area contributed by atoms with Gasteiger partial charge in [0, 0.05) is 13.1 Å². The first-order valence-corrected chi connectivity index (χ1v) is 6.83. The molecule has 1 atom stereocenters. The van der Waals surface area contributed by atoms with Gasteiger partial charge in [0.2, 0.25) is 0 Å². The van der Waals surface area contributed by atoms with E-state index in [2.05, 4.69) is 17.4 Å². The van der Waals surface area contributed by atoms with Crippen molar-refractivity contribution in [2.45, 2.75) is 19.1 Å². The molecule has 3 nitrogen and oxygen atoms in total. The van der Waals surface area contributed by atoms with Crippen molar-refractivity contribution in [3.05, 3.63) is 65.7 Å².